The zero-order valence-electron chi connectivity index (χ0n) is 13.5. The summed E-state index contributed by atoms with van der Waals surface area (Å²) >= 11 is 0. The van der Waals surface area contributed by atoms with Crippen LogP contribution in [0.15, 0.2) is 0 Å². The smallest absolute Gasteiger partial charge is 0.305 e. The van der Waals surface area contributed by atoms with Gasteiger partial charge in [0.2, 0.25) is 0 Å². The summed E-state index contributed by atoms with van der Waals surface area (Å²) in [6.45, 7) is 7.97. The van der Waals surface area contributed by atoms with E-state index >= 15 is 0 Å². The van der Waals surface area contributed by atoms with Crippen LogP contribution in [0, 0.1) is 0 Å². The summed E-state index contributed by atoms with van der Waals surface area (Å²) in [5.41, 5.74) is 0. The van der Waals surface area contributed by atoms with E-state index in [0.717, 1.165) is 19.3 Å². The predicted molar refractivity (Wildman–Crippen MR) is 80.6 cm³/mol. The van der Waals surface area contributed by atoms with Crippen LogP contribution in [0.25, 0.3) is 0 Å². The molecule has 1 atom stereocenters. The number of ether oxygens (including phenoxy) is 3. The molecule has 0 aromatic rings. The topological polar surface area (TPSA) is 44.8 Å². The molecule has 4 heteroatoms. The van der Waals surface area contributed by atoms with E-state index in [0.29, 0.717) is 32.7 Å². The number of unbranched alkanes of at least 4 members (excludes halogenated alkanes) is 4. The minimum Gasteiger partial charge on any atom is -0.466 e. The summed E-state index contributed by atoms with van der Waals surface area (Å²) in [6.07, 6.45) is 7.50. The number of esters is 1. The van der Waals surface area contributed by atoms with Gasteiger partial charge in [0.05, 0.1) is 13.0 Å². The van der Waals surface area contributed by atoms with Crippen LogP contribution in [0.5, 0.6) is 0 Å². The Morgan fingerprint density at radius 3 is 2.15 bits per heavy atom. The molecule has 0 aliphatic heterocycles. The van der Waals surface area contributed by atoms with Crippen LogP contribution in [-0.2, 0) is 19.0 Å². The standard InChI is InChI=1S/C16H32O4/c1-4-7-9-10-14-20-16(19-13-8-5-2)12-11-15(17)18-6-3/h16H,4-14H2,1-3H3. The maximum Gasteiger partial charge on any atom is 0.305 e. The van der Waals surface area contributed by atoms with Crippen LogP contribution >= 0.6 is 0 Å². The molecule has 120 valence electrons. The minimum atomic E-state index is -0.271. The molecule has 0 bridgehead atoms. The van der Waals surface area contributed by atoms with E-state index in [4.69, 9.17) is 14.2 Å². The van der Waals surface area contributed by atoms with Gasteiger partial charge in [-0.3, -0.25) is 4.79 Å². The first-order valence-corrected chi connectivity index (χ1v) is 8.13. The Morgan fingerprint density at radius 1 is 0.900 bits per heavy atom. The second-order valence-electron chi connectivity index (χ2n) is 4.93. The average Bonchev–Trinajstić information content (AvgIpc) is 2.44. The third-order valence-corrected chi connectivity index (χ3v) is 2.99. The van der Waals surface area contributed by atoms with Crippen molar-refractivity contribution in [3.8, 4) is 0 Å². The second-order valence-corrected chi connectivity index (χ2v) is 4.93. The van der Waals surface area contributed by atoms with Gasteiger partial charge in [-0.15, -0.1) is 0 Å². The molecular formula is C16H32O4. The van der Waals surface area contributed by atoms with E-state index in [9.17, 15) is 4.79 Å². The van der Waals surface area contributed by atoms with E-state index in [2.05, 4.69) is 13.8 Å². The van der Waals surface area contributed by atoms with Gasteiger partial charge >= 0.3 is 5.97 Å². The number of rotatable bonds is 14. The van der Waals surface area contributed by atoms with Gasteiger partial charge in [-0.25, -0.2) is 0 Å². The fraction of sp³-hybridized carbons (Fsp3) is 0.938. The van der Waals surface area contributed by atoms with Crippen LogP contribution < -0.4 is 0 Å². The molecule has 20 heavy (non-hydrogen) atoms. The molecule has 0 N–H and O–H groups in total. The molecule has 0 saturated heterocycles. The number of carbonyl (C=O) groups excluding carboxylic acids is 1. The fourth-order valence-corrected chi connectivity index (χ4v) is 1.79. The van der Waals surface area contributed by atoms with Crippen molar-refractivity contribution in [3.63, 3.8) is 0 Å². The summed E-state index contributed by atoms with van der Waals surface area (Å²) < 4.78 is 16.3. The maximum atomic E-state index is 11.4. The van der Waals surface area contributed by atoms with Crippen LogP contribution in [0.3, 0.4) is 0 Å². The highest BCUT2D eigenvalue weighted by Crippen LogP contribution is 2.09. The Kier molecular flexibility index (Phi) is 14.3. The van der Waals surface area contributed by atoms with E-state index in [-0.39, 0.29) is 12.3 Å². The lowest BCUT2D eigenvalue weighted by Crippen LogP contribution is -2.20. The number of hydrogen-bond donors (Lipinski definition) is 0. The van der Waals surface area contributed by atoms with Crippen molar-refractivity contribution in [3.05, 3.63) is 0 Å². The molecule has 0 heterocycles. The van der Waals surface area contributed by atoms with Crippen LogP contribution in [0.4, 0.5) is 0 Å². The average molecular weight is 288 g/mol. The van der Waals surface area contributed by atoms with Crippen molar-refractivity contribution < 1.29 is 19.0 Å². The molecule has 1 unspecified atom stereocenters. The molecule has 0 saturated carbocycles. The van der Waals surface area contributed by atoms with Gasteiger partial charge < -0.3 is 14.2 Å². The van der Waals surface area contributed by atoms with Gasteiger partial charge in [0.1, 0.15) is 0 Å². The van der Waals surface area contributed by atoms with Gasteiger partial charge in [-0.1, -0.05) is 39.5 Å². The SMILES string of the molecule is CCCCCCOC(CCC(=O)OCC)OCCCC. The Labute approximate surface area is 124 Å². The maximum absolute atomic E-state index is 11.4. The van der Waals surface area contributed by atoms with Crippen LogP contribution in [0.2, 0.25) is 0 Å². The summed E-state index contributed by atoms with van der Waals surface area (Å²) in [6, 6.07) is 0. The van der Waals surface area contributed by atoms with Crippen molar-refractivity contribution in [2.45, 2.75) is 78.4 Å². The third-order valence-electron chi connectivity index (χ3n) is 2.99. The first-order valence-electron chi connectivity index (χ1n) is 8.13. The monoisotopic (exact) mass is 288 g/mol. The summed E-state index contributed by atoms with van der Waals surface area (Å²) in [4.78, 5) is 11.4. The second kappa shape index (κ2) is 14.8. The molecule has 0 aromatic carbocycles. The lowest BCUT2D eigenvalue weighted by Gasteiger charge is -2.18. The van der Waals surface area contributed by atoms with Gasteiger partial charge in [0.15, 0.2) is 6.29 Å². The zero-order valence-corrected chi connectivity index (χ0v) is 13.5. The Balaban J connectivity index is 3.84. The Bertz CT molecular complexity index is 219. The molecule has 0 aliphatic rings. The highest BCUT2D eigenvalue weighted by Gasteiger charge is 2.12. The van der Waals surface area contributed by atoms with E-state index < -0.39 is 0 Å². The van der Waals surface area contributed by atoms with Gasteiger partial charge in [-0.2, -0.15) is 0 Å². The van der Waals surface area contributed by atoms with Crippen LogP contribution in [-0.4, -0.2) is 32.1 Å². The van der Waals surface area contributed by atoms with E-state index in [1.165, 1.54) is 19.3 Å². The number of carbonyl (C=O) groups is 1. The summed E-state index contributed by atoms with van der Waals surface area (Å²) in [5.74, 6) is -0.175. The Hall–Kier alpha value is -0.610. The predicted octanol–water partition coefficient (Wildman–Crippen LogP) is 4.07. The third kappa shape index (κ3) is 12.4. The lowest BCUT2D eigenvalue weighted by atomic mass is 10.2. The van der Waals surface area contributed by atoms with Crippen molar-refractivity contribution in [1.29, 1.82) is 0 Å². The molecule has 0 amide bonds. The van der Waals surface area contributed by atoms with Crippen molar-refractivity contribution >= 4 is 5.97 Å². The molecule has 0 radical (unpaired) electrons. The molecule has 0 spiro atoms. The number of hydrogen-bond acceptors (Lipinski definition) is 4. The largest absolute Gasteiger partial charge is 0.466 e. The molecule has 4 nitrogen and oxygen atoms in total. The highest BCUT2D eigenvalue weighted by molar-refractivity contribution is 5.69. The van der Waals surface area contributed by atoms with Gasteiger partial charge in [0.25, 0.3) is 0 Å². The normalized spacial score (nSPS) is 12.3. The molecule has 0 fully saturated rings. The molecular weight excluding hydrogens is 256 g/mol. The molecule has 0 aromatic heterocycles. The van der Waals surface area contributed by atoms with E-state index in [1.54, 1.807) is 0 Å². The first-order chi connectivity index (χ1) is 9.74. The molecule has 0 aliphatic carbocycles. The minimum absolute atomic E-state index is 0.175. The Morgan fingerprint density at radius 2 is 1.55 bits per heavy atom. The zero-order chi connectivity index (χ0) is 15.1. The van der Waals surface area contributed by atoms with Crippen LogP contribution in [0.1, 0.15) is 72.1 Å². The van der Waals surface area contributed by atoms with E-state index in [1.807, 2.05) is 6.92 Å². The van der Waals surface area contributed by atoms with Crippen molar-refractivity contribution in [2.75, 3.05) is 19.8 Å². The molecule has 0 rings (SSSR count). The first kappa shape index (κ1) is 19.4. The summed E-state index contributed by atoms with van der Waals surface area (Å²) in [5, 5.41) is 0. The van der Waals surface area contributed by atoms with Gasteiger partial charge in [0, 0.05) is 19.6 Å². The quantitative estimate of drug-likeness (QED) is 0.274. The van der Waals surface area contributed by atoms with Crippen molar-refractivity contribution in [1.82, 2.24) is 0 Å². The highest BCUT2D eigenvalue weighted by atomic mass is 16.7. The summed E-state index contributed by atoms with van der Waals surface area (Å²) in [7, 11) is 0. The van der Waals surface area contributed by atoms with Crippen molar-refractivity contribution in [2.24, 2.45) is 0 Å². The van der Waals surface area contributed by atoms with Gasteiger partial charge in [-0.05, 0) is 19.8 Å². The fourth-order valence-electron chi connectivity index (χ4n) is 1.79. The lowest BCUT2D eigenvalue weighted by molar-refractivity contribution is -0.159.